The molecule has 43 heavy (non-hydrogen) atoms. The Kier molecular flexibility index (Phi) is 6.32. The molecule has 0 saturated heterocycles. The number of tetrazole rings is 1. The minimum atomic E-state index is -0.557. The number of benzene rings is 1. The van der Waals surface area contributed by atoms with Gasteiger partial charge in [-0.2, -0.15) is 5.21 Å². The molecule has 0 spiro atoms. The van der Waals surface area contributed by atoms with Crippen molar-refractivity contribution in [2.24, 2.45) is 56.7 Å². The number of rotatable bonds is 4. The van der Waals surface area contributed by atoms with Crippen molar-refractivity contribution in [1.29, 1.82) is 0 Å². The SMILES string of the molecule is C=C(C)C1CCC2(C(=O)O)CCC3(C)C(CCC4C5(C)CC=C(c6cccc(-c7nn[nH]n7)c6)C(C)(C)C5CCC43C)C12. The predicted molar refractivity (Wildman–Crippen MR) is 170 cm³/mol. The molecule has 9 unspecified atom stereocenters. The van der Waals surface area contributed by atoms with Gasteiger partial charge in [0.1, 0.15) is 0 Å². The minimum Gasteiger partial charge on any atom is -0.481 e. The molecule has 0 aliphatic heterocycles. The third-order valence-electron chi connectivity index (χ3n) is 14.8. The highest BCUT2D eigenvalue weighted by Gasteiger charge is 2.71. The molecular formula is C37H50N4O2. The van der Waals surface area contributed by atoms with Crippen LogP contribution in [0.2, 0.25) is 0 Å². The Labute approximate surface area is 257 Å². The number of aliphatic carboxylic acids is 1. The number of hydrogen-bond donors (Lipinski definition) is 2. The van der Waals surface area contributed by atoms with Gasteiger partial charge >= 0.3 is 5.97 Å². The summed E-state index contributed by atoms with van der Waals surface area (Å²) in [7, 11) is 0. The first kappa shape index (κ1) is 29.0. The molecule has 0 radical (unpaired) electrons. The van der Waals surface area contributed by atoms with Crippen LogP contribution in [0.5, 0.6) is 0 Å². The van der Waals surface area contributed by atoms with Crippen molar-refractivity contribution in [1.82, 2.24) is 20.6 Å². The van der Waals surface area contributed by atoms with E-state index in [1.54, 1.807) is 0 Å². The van der Waals surface area contributed by atoms with Crippen LogP contribution in [0.4, 0.5) is 0 Å². The van der Waals surface area contributed by atoms with Gasteiger partial charge in [0.05, 0.1) is 5.41 Å². The smallest absolute Gasteiger partial charge is 0.309 e. The number of fused-ring (bicyclic) bond motifs is 7. The number of carboxylic acid groups (broad SMARTS) is 1. The Morgan fingerprint density at radius 1 is 0.953 bits per heavy atom. The minimum absolute atomic E-state index is 0.0312. The van der Waals surface area contributed by atoms with Crippen molar-refractivity contribution < 1.29 is 9.90 Å². The zero-order valence-electron chi connectivity index (χ0n) is 27.0. The van der Waals surface area contributed by atoms with E-state index in [4.69, 9.17) is 0 Å². The topological polar surface area (TPSA) is 91.8 Å². The Morgan fingerprint density at radius 3 is 2.42 bits per heavy atom. The van der Waals surface area contributed by atoms with E-state index in [9.17, 15) is 9.90 Å². The average molecular weight is 583 g/mol. The summed E-state index contributed by atoms with van der Waals surface area (Å²) >= 11 is 0. The maximum absolute atomic E-state index is 13.0. The first-order chi connectivity index (χ1) is 20.3. The first-order valence-corrected chi connectivity index (χ1v) is 16.7. The zero-order chi connectivity index (χ0) is 30.6. The predicted octanol–water partition coefficient (Wildman–Crippen LogP) is 8.60. The van der Waals surface area contributed by atoms with Gasteiger partial charge in [-0.25, -0.2) is 0 Å². The molecule has 4 fully saturated rings. The molecule has 1 aromatic carbocycles. The molecule has 6 heteroatoms. The second kappa shape index (κ2) is 9.37. The molecule has 1 aromatic heterocycles. The molecule has 2 aromatic rings. The van der Waals surface area contributed by atoms with Crippen LogP contribution in [0, 0.1) is 56.7 Å². The van der Waals surface area contributed by atoms with Gasteiger partial charge in [-0.05, 0) is 138 Å². The zero-order valence-corrected chi connectivity index (χ0v) is 27.0. The van der Waals surface area contributed by atoms with E-state index in [0.717, 1.165) is 44.1 Å². The van der Waals surface area contributed by atoms with Gasteiger partial charge in [-0.1, -0.05) is 71.0 Å². The van der Waals surface area contributed by atoms with Gasteiger partial charge in [-0.3, -0.25) is 4.79 Å². The normalized spacial score (nSPS) is 43.0. The molecule has 7 rings (SSSR count). The summed E-state index contributed by atoms with van der Waals surface area (Å²) in [6.45, 7) is 19.4. The van der Waals surface area contributed by atoms with Gasteiger partial charge in [0.2, 0.25) is 5.82 Å². The largest absolute Gasteiger partial charge is 0.481 e. The van der Waals surface area contributed by atoms with Crippen LogP contribution in [0.3, 0.4) is 0 Å². The number of carboxylic acids is 1. The lowest BCUT2D eigenvalue weighted by Crippen LogP contribution is -2.65. The van der Waals surface area contributed by atoms with Gasteiger partial charge in [0.15, 0.2) is 0 Å². The monoisotopic (exact) mass is 582 g/mol. The molecule has 5 aliphatic rings. The number of allylic oxidation sites excluding steroid dienone is 3. The molecule has 2 N–H and O–H groups in total. The summed E-state index contributed by atoms with van der Waals surface area (Å²) in [6, 6.07) is 8.66. The molecule has 5 aliphatic carbocycles. The van der Waals surface area contributed by atoms with E-state index in [1.807, 2.05) is 0 Å². The second-order valence-corrected chi connectivity index (χ2v) is 16.5. The molecule has 0 bridgehead atoms. The van der Waals surface area contributed by atoms with Crippen LogP contribution in [-0.2, 0) is 4.79 Å². The van der Waals surface area contributed by atoms with Crippen molar-refractivity contribution in [3.63, 3.8) is 0 Å². The number of nitrogens with one attached hydrogen (secondary N) is 1. The van der Waals surface area contributed by atoms with Gasteiger partial charge in [0, 0.05) is 5.56 Å². The number of H-pyrrole nitrogens is 1. The number of carbonyl (C=O) groups is 1. The Hall–Kier alpha value is -2.76. The van der Waals surface area contributed by atoms with Crippen LogP contribution >= 0.6 is 0 Å². The fourth-order valence-corrected chi connectivity index (χ4v) is 12.7. The van der Waals surface area contributed by atoms with Crippen molar-refractivity contribution in [3.05, 3.63) is 48.1 Å². The fourth-order valence-electron chi connectivity index (χ4n) is 12.7. The summed E-state index contributed by atoms with van der Waals surface area (Å²) in [6.07, 6.45) is 12.2. The Bertz CT molecular complexity index is 1490. The van der Waals surface area contributed by atoms with E-state index in [-0.39, 0.29) is 27.6 Å². The standard InChI is InChI=1S/C37H50N4O2/c1-22(2)25-13-18-37(32(42)43)20-19-35(6)27(30(25)37)11-12-29-34(5)16-14-26(33(3,4)28(34)15-17-36(29,35)7)23-9-8-10-24(21-23)31-38-40-41-39-31/h8-10,14,21,25,27-30H,1,11-13,15-20H2,2-7H3,(H,42,43)(H,38,39,40,41). The van der Waals surface area contributed by atoms with E-state index in [2.05, 4.69) is 99.1 Å². The highest BCUT2D eigenvalue weighted by Crippen LogP contribution is 2.77. The lowest BCUT2D eigenvalue weighted by atomic mass is 9.32. The van der Waals surface area contributed by atoms with Crippen LogP contribution in [0.25, 0.3) is 17.0 Å². The summed E-state index contributed by atoms with van der Waals surface area (Å²) in [5.41, 5.74) is 4.95. The van der Waals surface area contributed by atoms with E-state index >= 15 is 0 Å². The maximum atomic E-state index is 13.0. The van der Waals surface area contributed by atoms with Gasteiger partial charge in [-0.15, -0.1) is 10.2 Å². The summed E-state index contributed by atoms with van der Waals surface area (Å²) in [5.74, 6) is 2.34. The lowest BCUT2D eigenvalue weighted by molar-refractivity contribution is -0.227. The highest BCUT2D eigenvalue weighted by molar-refractivity contribution is 5.76. The van der Waals surface area contributed by atoms with Crippen molar-refractivity contribution >= 4 is 11.5 Å². The van der Waals surface area contributed by atoms with Gasteiger partial charge in [0.25, 0.3) is 0 Å². The number of hydrogen-bond acceptors (Lipinski definition) is 4. The van der Waals surface area contributed by atoms with Gasteiger partial charge < -0.3 is 5.11 Å². The first-order valence-electron chi connectivity index (χ1n) is 16.7. The molecule has 230 valence electrons. The molecular weight excluding hydrogens is 532 g/mol. The van der Waals surface area contributed by atoms with E-state index in [0.29, 0.717) is 29.5 Å². The average Bonchev–Trinajstić information content (AvgIpc) is 3.63. The van der Waals surface area contributed by atoms with E-state index in [1.165, 1.54) is 36.0 Å². The molecule has 4 saturated carbocycles. The third kappa shape index (κ3) is 3.70. The number of aromatic amines is 1. The maximum Gasteiger partial charge on any atom is 0.309 e. The number of nitrogens with zero attached hydrogens (tertiary/aromatic N) is 3. The van der Waals surface area contributed by atoms with Crippen molar-refractivity contribution in [2.75, 3.05) is 0 Å². The molecule has 6 nitrogen and oxygen atoms in total. The summed E-state index contributed by atoms with van der Waals surface area (Å²) < 4.78 is 0. The quantitative estimate of drug-likeness (QED) is 0.352. The summed E-state index contributed by atoms with van der Waals surface area (Å²) in [5, 5.41) is 25.5. The molecule has 0 amide bonds. The number of aromatic nitrogens is 4. The third-order valence-corrected chi connectivity index (χ3v) is 14.8. The Balaban J connectivity index is 1.25. The second-order valence-electron chi connectivity index (χ2n) is 16.5. The van der Waals surface area contributed by atoms with Crippen LogP contribution in [0.15, 0.2) is 42.5 Å². The van der Waals surface area contributed by atoms with E-state index < -0.39 is 11.4 Å². The molecule has 9 atom stereocenters. The van der Waals surface area contributed by atoms with Crippen molar-refractivity contribution in [3.8, 4) is 11.4 Å². The molecule has 1 heterocycles. The lowest BCUT2D eigenvalue weighted by Gasteiger charge is -2.72. The Morgan fingerprint density at radius 2 is 1.72 bits per heavy atom. The van der Waals surface area contributed by atoms with Crippen LogP contribution < -0.4 is 0 Å². The fraction of sp³-hybridized carbons (Fsp3) is 0.676. The van der Waals surface area contributed by atoms with Crippen LogP contribution in [0.1, 0.15) is 105 Å². The highest BCUT2D eigenvalue weighted by atomic mass is 16.4. The summed E-state index contributed by atoms with van der Waals surface area (Å²) in [4.78, 5) is 13.0. The van der Waals surface area contributed by atoms with Crippen molar-refractivity contribution in [2.45, 2.75) is 99.3 Å². The van der Waals surface area contributed by atoms with Crippen LogP contribution in [-0.4, -0.2) is 31.7 Å².